The van der Waals surface area contributed by atoms with E-state index in [0.29, 0.717) is 11.7 Å². The first kappa shape index (κ1) is 11.7. The number of hydrogen-bond acceptors (Lipinski definition) is 2. The van der Waals surface area contributed by atoms with Crippen LogP contribution < -0.4 is 0 Å². The Morgan fingerprint density at radius 1 is 1.18 bits per heavy atom. The van der Waals surface area contributed by atoms with Gasteiger partial charge in [-0.25, -0.2) is 0 Å². The van der Waals surface area contributed by atoms with Crippen LogP contribution in [0.4, 0.5) is 0 Å². The summed E-state index contributed by atoms with van der Waals surface area (Å²) in [5.74, 6) is 0.808. The molecule has 0 unspecified atom stereocenters. The summed E-state index contributed by atoms with van der Waals surface area (Å²) in [7, 11) is 0. The minimum Gasteiger partial charge on any atom is -0.389 e. The number of carbonyl (C=O) groups is 1. The van der Waals surface area contributed by atoms with Crippen LogP contribution in [0.25, 0.3) is 0 Å². The molecule has 5 atom stereocenters. The molecule has 0 radical (unpaired) electrons. The Kier molecular flexibility index (Phi) is 2.04. The van der Waals surface area contributed by atoms with Gasteiger partial charge in [-0.2, -0.15) is 0 Å². The fraction of sp³-hybridized carbons (Fsp3) is 0.933. The Morgan fingerprint density at radius 2 is 1.82 bits per heavy atom. The van der Waals surface area contributed by atoms with Crippen molar-refractivity contribution in [3.8, 4) is 0 Å². The second-order valence-electron chi connectivity index (χ2n) is 7.75. The number of rotatable bonds is 0. The lowest BCUT2D eigenvalue weighted by molar-refractivity contribution is -0.237. The summed E-state index contributed by atoms with van der Waals surface area (Å²) in [6.45, 7) is 8.70. The molecule has 0 aliphatic heterocycles. The van der Waals surface area contributed by atoms with Crippen LogP contribution in [0.2, 0.25) is 0 Å². The van der Waals surface area contributed by atoms with Gasteiger partial charge in [-0.15, -0.1) is 0 Å². The number of ketones is 1. The highest BCUT2D eigenvalue weighted by Gasteiger charge is 2.70. The van der Waals surface area contributed by atoms with Crippen LogP contribution >= 0.6 is 0 Å². The molecule has 0 aromatic rings. The van der Waals surface area contributed by atoms with E-state index in [1.165, 1.54) is 0 Å². The van der Waals surface area contributed by atoms with E-state index < -0.39 is 5.60 Å². The molecule has 0 heterocycles. The molecule has 0 amide bonds. The molecule has 3 aliphatic rings. The molecule has 3 rings (SSSR count). The largest absolute Gasteiger partial charge is 0.389 e. The molecule has 0 aromatic heterocycles. The monoisotopic (exact) mass is 236 g/mol. The number of carbonyl (C=O) groups excluding carboxylic acids is 1. The van der Waals surface area contributed by atoms with Crippen molar-refractivity contribution in [1.82, 2.24) is 0 Å². The molecule has 2 heteroatoms. The summed E-state index contributed by atoms with van der Waals surface area (Å²) in [6.07, 6.45) is 4.04. The van der Waals surface area contributed by atoms with Crippen LogP contribution in [0, 0.1) is 28.6 Å². The van der Waals surface area contributed by atoms with E-state index in [1.54, 1.807) is 0 Å². The van der Waals surface area contributed by atoms with Crippen molar-refractivity contribution in [1.29, 1.82) is 0 Å². The van der Waals surface area contributed by atoms with Gasteiger partial charge in [0.2, 0.25) is 0 Å². The maximum atomic E-state index is 12.5. The van der Waals surface area contributed by atoms with E-state index >= 15 is 0 Å². The maximum Gasteiger partial charge on any atom is 0.141 e. The highest BCUT2D eigenvalue weighted by molar-refractivity contribution is 5.86. The van der Waals surface area contributed by atoms with Crippen molar-refractivity contribution in [2.24, 2.45) is 28.6 Å². The summed E-state index contributed by atoms with van der Waals surface area (Å²) in [6, 6.07) is 0. The van der Waals surface area contributed by atoms with E-state index in [-0.39, 0.29) is 22.7 Å². The third-order valence-electron chi connectivity index (χ3n) is 6.37. The molecule has 0 saturated heterocycles. The lowest BCUT2D eigenvalue weighted by Crippen LogP contribution is -2.69. The normalized spacial score (nSPS) is 56.1. The molecular formula is C15H24O2. The fourth-order valence-corrected chi connectivity index (χ4v) is 5.08. The van der Waals surface area contributed by atoms with Crippen LogP contribution in [0.15, 0.2) is 0 Å². The zero-order chi connectivity index (χ0) is 12.6. The summed E-state index contributed by atoms with van der Waals surface area (Å²) >= 11 is 0. The van der Waals surface area contributed by atoms with Gasteiger partial charge >= 0.3 is 0 Å². The molecule has 17 heavy (non-hydrogen) atoms. The van der Waals surface area contributed by atoms with Crippen molar-refractivity contribution >= 4 is 5.78 Å². The maximum absolute atomic E-state index is 12.5. The Hall–Kier alpha value is -0.370. The quantitative estimate of drug-likeness (QED) is 0.702. The SMILES string of the molecule is C[C@H]1C(=O)[C@@H]2CC(C)(C)C[C@@H]2[C@@]2(C)CC[C@@]12O. The van der Waals surface area contributed by atoms with Crippen molar-refractivity contribution in [3.63, 3.8) is 0 Å². The second kappa shape index (κ2) is 2.96. The highest BCUT2D eigenvalue weighted by atomic mass is 16.3. The molecule has 3 fully saturated rings. The number of fused-ring (bicyclic) bond motifs is 3. The van der Waals surface area contributed by atoms with Gasteiger partial charge in [0, 0.05) is 17.3 Å². The average Bonchev–Trinajstić information content (AvgIpc) is 2.58. The predicted molar refractivity (Wildman–Crippen MR) is 66.5 cm³/mol. The van der Waals surface area contributed by atoms with Gasteiger partial charge in [0.1, 0.15) is 5.78 Å². The van der Waals surface area contributed by atoms with E-state index in [2.05, 4.69) is 20.8 Å². The lowest BCUT2D eigenvalue weighted by Gasteiger charge is -2.64. The Morgan fingerprint density at radius 3 is 2.35 bits per heavy atom. The van der Waals surface area contributed by atoms with Gasteiger partial charge < -0.3 is 5.11 Å². The first-order chi connectivity index (χ1) is 7.71. The smallest absolute Gasteiger partial charge is 0.141 e. The summed E-state index contributed by atoms with van der Waals surface area (Å²) in [5, 5.41) is 10.8. The van der Waals surface area contributed by atoms with Gasteiger partial charge in [0.25, 0.3) is 0 Å². The van der Waals surface area contributed by atoms with Gasteiger partial charge in [-0.1, -0.05) is 27.7 Å². The zero-order valence-electron chi connectivity index (χ0n) is 11.4. The molecule has 3 aliphatic carbocycles. The number of aliphatic hydroxyl groups is 1. The van der Waals surface area contributed by atoms with Gasteiger partial charge in [-0.3, -0.25) is 4.79 Å². The topological polar surface area (TPSA) is 37.3 Å². The van der Waals surface area contributed by atoms with E-state index in [9.17, 15) is 9.90 Å². The molecular weight excluding hydrogens is 212 g/mol. The summed E-state index contributed by atoms with van der Waals surface area (Å²) < 4.78 is 0. The average molecular weight is 236 g/mol. The van der Waals surface area contributed by atoms with Gasteiger partial charge in [-0.05, 0) is 37.0 Å². The van der Waals surface area contributed by atoms with Crippen LogP contribution in [0.3, 0.4) is 0 Å². The molecule has 0 spiro atoms. The zero-order valence-corrected chi connectivity index (χ0v) is 11.4. The first-order valence-electron chi connectivity index (χ1n) is 6.97. The summed E-state index contributed by atoms with van der Waals surface area (Å²) in [4.78, 5) is 12.5. The van der Waals surface area contributed by atoms with Crippen LogP contribution in [-0.4, -0.2) is 16.5 Å². The molecule has 3 saturated carbocycles. The molecule has 1 N–H and O–H groups in total. The predicted octanol–water partition coefficient (Wildman–Crippen LogP) is 2.79. The van der Waals surface area contributed by atoms with Crippen LogP contribution in [-0.2, 0) is 4.79 Å². The van der Waals surface area contributed by atoms with E-state index in [4.69, 9.17) is 0 Å². The first-order valence-corrected chi connectivity index (χ1v) is 6.97. The molecule has 0 bridgehead atoms. The van der Waals surface area contributed by atoms with Crippen molar-refractivity contribution in [2.45, 2.75) is 59.0 Å². The Balaban J connectivity index is 2.04. The van der Waals surface area contributed by atoms with Gasteiger partial charge in [0.05, 0.1) is 5.60 Å². The number of Topliss-reactive ketones (excluding diaryl/α,β-unsaturated/α-hetero) is 1. The fourth-order valence-electron chi connectivity index (χ4n) is 5.08. The van der Waals surface area contributed by atoms with E-state index in [1.807, 2.05) is 6.92 Å². The van der Waals surface area contributed by atoms with Crippen LogP contribution in [0.1, 0.15) is 53.4 Å². The molecule has 2 nitrogen and oxygen atoms in total. The Bertz CT molecular complexity index is 386. The lowest BCUT2D eigenvalue weighted by atomic mass is 9.42. The third-order valence-corrected chi connectivity index (χ3v) is 6.37. The van der Waals surface area contributed by atoms with Crippen molar-refractivity contribution < 1.29 is 9.90 Å². The minimum absolute atomic E-state index is 0.00123. The Labute approximate surface area is 104 Å². The standard InChI is InChI=1S/C15H24O2/c1-9-12(16)10-7-13(2,3)8-11(10)14(4)5-6-15(9,14)17/h9-11,17H,5-8H2,1-4H3/t9-,10+,11-,14+,15+/m0/s1. The van der Waals surface area contributed by atoms with Crippen LogP contribution in [0.5, 0.6) is 0 Å². The molecule has 96 valence electrons. The number of hydrogen-bond donors (Lipinski definition) is 1. The summed E-state index contributed by atoms with van der Waals surface area (Å²) in [5.41, 5.74) is -0.432. The van der Waals surface area contributed by atoms with E-state index in [0.717, 1.165) is 25.7 Å². The third kappa shape index (κ3) is 1.18. The van der Waals surface area contributed by atoms with Crippen molar-refractivity contribution in [3.05, 3.63) is 0 Å². The van der Waals surface area contributed by atoms with Crippen molar-refractivity contribution in [2.75, 3.05) is 0 Å². The van der Waals surface area contributed by atoms with Gasteiger partial charge in [0.15, 0.2) is 0 Å². The minimum atomic E-state index is -0.703. The second-order valence-corrected chi connectivity index (χ2v) is 7.75. The highest BCUT2D eigenvalue weighted by Crippen LogP contribution is 2.68. The molecule has 0 aromatic carbocycles.